The highest BCUT2D eigenvalue weighted by atomic mass is 16.6. The monoisotopic (exact) mass is 207 g/mol. The van der Waals surface area contributed by atoms with Crippen molar-refractivity contribution < 1.29 is 4.92 Å². The fraction of sp³-hybridized carbons (Fsp3) is 0.250. The SMILES string of the molecule is Cn1cc(Cn2nccc2[N+](=O)[O-])cn1. The predicted octanol–water partition coefficient (Wildman–Crippen LogP) is 0.573. The second kappa shape index (κ2) is 3.52. The summed E-state index contributed by atoms with van der Waals surface area (Å²) in [6, 6.07) is 1.37. The van der Waals surface area contributed by atoms with E-state index in [2.05, 4.69) is 10.2 Å². The Kier molecular flexibility index (Phi) is 2.20. The lowest BCUT2D eigenvalue weighted by atomic mass is 10.4. The Morgan fingerprint density at radius 2 is 2.33 bits per heavy atom. The van der Waals surface area contributed by atoms with Crippen LogP contribution >= 0.6 is 0 Å². The molecule has 0 bridgehead atoms. The molecule has 0 radical (unpaired) electrons. The largest absolute Gasteiger partial charge is 0.358 e. The summed E-state index contributed by atoms with van der Waals surface area (Å²) in [5.74, 6) is -0.0150. The Morgan fingerprint density at radius 3 is 2.93 bits per heavy atom. The molecule has 2 heterocycles. The Labute approximate surface area is 85.1 Å². The summed E-state index contributed by atoms with van der Waals surface area (Å²) in [6.07, 6.45) is 4.87. The third-order valence-electron chi connectivity index (χ3n) is 1.97. The maximum Gasteiger partial charge on any atom is 0.345 e. The molecule has 0 fully saturated rings. The molecular weight excluding hydrogens is 198 g/mol. The topological polar surface area (TPSA) is 78.8 Å². The van der Waals surface area contributed by atoms with E-state index in [1.54, 1.807) is 24.1 Å². The van der Waals surface area contributed by atoms with Crippen molar-refractivity contribution in [2.45, 2.75) is 6.54 Å². The minimum absolute atomic E-state index is 0.0150. The Morgan fingerprint density at radius 1 is 1.53 bits per heavy atom. The van der Waals surface area contributed by atoms with E-state index in [9.17, 15) is 10.1 Å². The van der Waals surface area contributed by atoms with Crippen LogP contribution in [0.4, 0.5) is 5.82 Å². The van der Waals surface area contributed by atoms with Crippen molar-refractivity contribution in [2.24, 2.45) is 7.05 Å². The molecule has 2 rings (SSSR count). The first kappa shape index (κ1) is 9.38. The molecule has 0 aliphatic rings. The summed E-state index contributed by atoms with van der Waals surface area (Å²) < 4.78 is 2.97. The lowest BCUT2D eigenvalue weighted by Gasteiger charge is -1.96. The summed E-state index contributed by atoms with van der Waals surface area (Å²) >= 11 is 0. The first-order chi connectivity index (χ1) is 7.16. The van der Waals surface area contributed by atoms with Gasteiger partial charge in [0.05, 0.1) is 18.5 Å². The zero-order valence-electron chi connectivity index (χ0n) is 8.07. The van der Waals surface area contributed by atoms with Gasteiger partial charge in [-0.15, -0.1) is 4.68 Å². The maximum atomic E-state index is 10.6. The lowest BCUT2D eigenvalue weighted by Crippen LogP contribution is -2.05. The Hall–Kier alpha value is -2.18. The smallest absolute Gasteiger partial charge is 0.345 e. The summed E-state index contributed by atoms with van der Waals surface area (Å²) in [6.45, 7) is 0.358. The zero-order chi connectivity index (χ0) is 10.8. The van der Waals surface area contributed by atoms with Crippen LogP contribution in [0.25, 0.3) is 0 Å². The van der Waals surface area contributed by atoms with Crippen LogP contribution in [-0.4, -0.2) is 24.5 Å². The van der Waals surface area contributed by atoms with Crippen molar-refractivity contribution in [3.63, 3.8) is 0 Å². The molecule has 0 saturated carbocycles. The average Bonchev–Trinajstić information content (AvgIpc) is 2.75. The number of hydrogen-bond acceptors (Lipinski definition) is 4. The van der Waals surface area contributed by atoms with E-state index < -0.39 is 4.92 Å². The molecule has 0 aliphatic heterocycles. The van der Waals surface area contributed by atoms with E-state index in [0.29, 0.717) is 6.54 Å². The highest BCUT2D eigenvalue weighted by molar-refractivity contribution is 5.18. The molecule has 2 aromatic heterocycles. The van der Waals surface area contributed by atoms with Crippen LogP contribution in [0.2, 0.25) is 0 Å². The van der Waals surface area contributed by atoms with Crippen LogP contribution in [-0.2, 0) is 13.6 Å². The highest BCUT2D eigenvalue weighted by Gasteiger charge is 2.14. The van der Waals surface area contributed by atoms with Gasteiger partial charge in [0.1, 0.15) is 6.54 Å². The van der Waals surface area contributed by atoms with E-state index in [-0.39, 0.29) is 5.82 Å². The van der Waals surface area contributed by atoms with Crippen LogP contribution in [0.3, 0.4) is 0 Å². The van der Waals surface area contributed by atoms with E-state index in [1.807, 2.05) is 0 Å². The van der Waals surface area contributed by atoms with Crippen LogP contribution in [0.1, 0.15) is 5.56 Å². The Bertz CT molecular complexity index is 487. The van der Waals surface area contributed by atoms with Crippen molar-refractivity contribution >= 4 is 5.82 Å². The maximum absolute atomic E-state index is 10.6. The molecule has 0 aromatic carbocycles. The molecule has 0 N–H and O–H groups in total. The van der Waals surface area contributed by atoms with Crippen LogP contribution in [0.15, 0.2) is 24.7 Å². The first-order valence-corrected chi connectivity index (χ1v) is 4.30. The van der Waals surface area contributed by atoms with E-state index in [0.717, 1.165) is 5.56 Å². The number of hydrogen-bond donors (Lipinski definition) is 0. The van der Waals surface area contributed by atoms with E-state index in [4.69, 9.17) is 0 Å². The lowest BCUT2D eigenvalue weighted by molar-refractivity contribution is -0.392. The molecule has 2 aromatic rings. The van der Waals surface area contributed by atoms with Crippen LogP contribution in [0.5, 0.6) is 0 Å². The minimum atomic E-state index is -0.455. The predicted molar refractivity (Wildman–Crippen MR) is 51.2 cm³/mol. The van der Waals surface area contributed by atoms with Crippen molar-refractivity contribution in [3.05, 3.63) is 40.3 Å². The summed E-state index contributed by atoms with van der Waals surface area (Å²) in [5.41, 5.74) is 0.879. The van der Waals surface area contributed by atoms with Crippen molar-refractivity contribution in [2.75, 3.05) is 0 Å². The second-order valence-corrected chi connectivity index (χ2v) is 3.13. The fourth-order valence-electron chi connectivity index (χ4n) is 1.33. The minimum Gasteiger partial charge on any atom is -0.358 e. The average molecular weight is 207 g/mol. The fourth-order valence-corrected chi connectivity index (χ4v) is 1.33. The van der Waals surface area contributed by atoms with Gasteiger partial charge in [-0.2, -0.15) is 5.10 Å². The number of nitro groups is 1. The zero-order valence-corrected chi connectivity index (χ0v) is 8.07. The summed E-state index contributed by atoms with van der Waals surface area (Å²) in [4.78, 5) is 10.1. The third kappa shape index (κ3) is 1.85. The third-order valence-corrected chi connectivity index (χ3v) is 1.97. The van der Waals surface area contributed by atoms with Gasteiger partial charge in [-0.05, 0) is 4.92 Å². The van der Waals surface area contributed by atoms with Crippen molar-refractivity contribution in [1.29, 1.82) is 0 Å². The number of nitrogens with zero attached hydrogens (tertiary/aromatic N) is 5. The van der Waals surface area contributed by atoms with Crippen molar-refractivity contribution in [1.82, 2.24) is 19.6 Å². The molecular formula is C8H9N5O2. The molecule has 0 saturated heterocycles. The standard InChI is InChI=1S/C8H9N5O2/c1-11-5-7(4-10-11)6-12-8(13(14)15)2-3-9-12/h2-5H,6H2,1H3. The molecule has 0 spiro atoms. The molecule has 7 heteroatoms. The van der Waals surface area contributed by atoms with Gasteiger partial charge in [0.2, 0.25) is 0 Å². The molecule has 0 aliphatic carbocycles. The summed E-state index contributed by atoms with van der Waals surface area (Å²) in [7, 11) is 1.79. The summed E-state index contributed by atoms with van der Waals surface area (Å²) in [5, 5.41) is 18.5. The molecule has 15 heavy (non-hydrogen) atoms. The van der Waals surface area contributed by atoms with E-state index in [1.165, 1.54) is 16.9 Å². The van der Waals surface area contributed by atoms with Gasteiger partial charge in [0, 0.05) is 18.8 Å². The molecule has 0 unspecified atom stereocenters. The number of rotatable bonds is 3. The highest BCUT2D eigenvalue weighted by Crippen LogP contribution is 2.11. The van der Waals surface area contributed by atoms with Gasteiger partial charge in [-0.25, -0.2) is 0 Å². The van der Waals surface area contributed by atoms with Gasteiger partial charge >= 0.3 is 5.82 Å². The van der Waals surface area contributed by atoms with Crippen molar-refractivity contribution in [3.8, 4) is 0 Å². The van der Waals surface area contributed by atoms with Gasteiger partial charge in [-0.3, -0.25) is 4.68 Å². The Balaban J connectivity index is 2.24. The van der Waals surface area contributed by atoms with Crippen LogP contribution in [0, 0.1) is 10.1 Å². The molecule has 78 valence electrons. The van der Waals surface area contributed by atoms with E-state index >= 15 is 0 Å². The first-order valence-electron chi connectivity index (χ1n) is 4.30. The second-order valence-electron chi connectivity index (χ2n) is 3.13. The quantitative estimate of drug-likeness (QED) is 0.544. The number of aryl methyl sites for hydroxylation is 1. The van der Waals surface area contributed by atoms with Crippen LogP contribution < -0.4 is 0 Å². The molecule has 0 atom stereocenters. The number of aromatic nitrogens is 4. The van der Waals surface area contributed by atoms with Gasteiger partial charge in [-0.1, -0.05) is 5.10 Å². The van der Waals surface area contributed by atoms with Gasteiger partial charge < -0.3 is 10.1 Å². The molecule has 7 nitrogen and oxygen atoms in total. The molecule has 0 amide bonds. The normalized spacial score (nSPS) is 10.5. The van der Waals surface area contributed by atoms with Gasteiger partial charge in [0.15, 0.2) is 0 Å². The van der Waals surface area contributed by atoms with Gasteiger partial charge in [0.25, 0.3) is 0 Å².